The number of nitrogens with one attached hydrogen (secondary N) is 1. The lowest BCUT2D eigenvalue weighted by atomic mass is 9.95. The fourth-order valence-electron chi connectivity index (χ4n) is 4.35. The van der Waals surface area contributed by atoms with Gasteiger partial charge in [0.1, 0.15) is 5.75 Å². The fraction of sp³-hybridized carbons (Fsp3) is 0.588. The molecule has 4 atom stereocenters. The molecule has 0 spiro atoms. The van der Waals surface area contributed by atoms with Crippen LogP contribution in [0.2, 0.25) is 0 Å². The number of sulfonamides is 1. The lowest BCUT2D eigenvalue weighted by Gasteiger charge is -2.35. The first-order valence-electron chi connectivity index (χ1n) is 8.45. The molecule has 1 amide bonds. The van der Waals surface area contributed by atoms with Crippen molar-refractivity contribution in [3.8, 4) is 5.75 Å². The second kappa shape index (κ2) is 5.65. The molecular formula is C17H22N2O4S. The van der Waals surface area contributed by atoms with Gasteiger partial charge in [-0.1, -0.05) is 18.6 Å². The van der Waals surface area contributed by atoms with E-state index >= 15 is 0 Å². The van der Waals surface area contributed by atoms with Gasteiger partial charge in [-0.3, -0.25) is 9.10 Å². The van der Waals surface area contributed by atoms with Gasteiger partial charge in [0.25, 0.3) is 5.91 Å². The van der Waals surface area contributed by atoms with Crippen LogP contribution in [0.1, 0.15) is 25.7 Å². The van der Waals surface area contributed by atoms with Gasteiger partial charge in [-0.25, -0.2) is 8.42 Å². The Morgan fingerprint density at radius 3 is 2.71 bits per heavy atom. The van der Waals surface area contributed by atoms with Gasteiger partial charge in [0.2, 0.25) is 10.0 Å². The average molecular weight is 350 g/mol. The van der Waals surface area contributed by atoms with Crippen molar-refractivity contribution in [2.45, 2.75) is 37.8 Å². The Morgan fingerprint density at radius 1 is 1.25 bits per heavy atom. The first kappa shape index (κ1) is 15.7. The van der Waals surface area contributed by atoms with Crippen molar-refractivity contribution in [1.29, 1.82) is 0 Å². The number of rotatable bonds is 3. The summed E-state index contributed by atoms with van der Waals surface area (Å²) in [5.74, 6) is 1.53. The summed E-state index contributed by atoms with van der Waals surface area (Å²) < 4.78 is 31.3. The normalized spacial score (nSPS) is 31.5. The van der Waals surface area contributed by atoms with Crippen molar-refractivity contribution < 1.29 is 17.9 Å². The molecule has 2 bridgehead atoms. The van der Waals surface area contributed by atoms with E-state index < -0.39 is 16.1 Å². The highest BCUT2D eigenvalue weighted by Crippen LogP contribution is 2.44. The highest BCUT2D eigenvalue weighted by Gasteiger charge is 2.42. The predicted molar refractivity (Wildman–Crippen MR) is 90.4 cm³/mol. The number of amides is 1. The molecular weight excluding hydrogens is 328 g/mol. The Kier molecular flexibility index (Phi) is 3.71. The molecule has 1 N–H and O–H groups in total. The van der Waals surface area contributed by atoms with E-state index in [1.165, 1.54) is 23.6 Å². The maximum absolute atomic E-state index is 12.7. The van der Waals surface area contributed by atoms with Gasteiger partial charge in [0, 0.05) is 6.04 Å². The molecule has 4 unspecified atom stereocenters. The summed E-state index contributed by atoms with van der Waals surface area (Å²) in [6.45, 7) is 0.0164. The van der Waals surface area contributed by atoms with Crippen LogP contribution >= 0.6 is 0 Å². The average Bonchev–Trinajstić information content (AvgIpc) is 3.15. The van der Waals surface area contributed by atoms with Crippen molar-refractivity contribution >= 4 is 21.6 Å². The van der Waals surface area contributed by atoms with Crippen LogP contribution in [0.5, 0.6) is 5.75 Å². The minimum atomic E-state index is -3.47. The molecule has 1 aromatic rings. The molecule has 1 aromatic carbocycles. The lowest BCUT2D eigenvalue weighted by Crippen LogP contribution is -2.53. The molecule has 2 fully saturated rings. The summed E-state index contributed by atoms with van der Waals surface area (Å²) in [7, 11) is -3.47. The molecule has 3 aliphatic rings. The summed E-state index contributed by atoms with van der Waals surface area (Å²) in [4.78, 5) is 12.7. The first-order chi connectivity index (χ1) is 11.4. The number of carbonyl (C=O) groups is 1. The molecule has 7 heteroatoms. The van der Waals surface area contributed by atoms with Crippen LogP contribution in [-0.2, 0) is 14.8 Å². The highest BCUT2D eigenvalue weighted by atomic mass is 32.2. The van der Waals surface area contributed by atoms with Crippen LogP contribution in [-0.4, -0.2) is 39.3 Å². The number of benzene rings is 1. The van der Waals surface area contributed by atoms with Crippen molar-refractivity contribution in [3.63, 3.8) is 0 Å². The Morgan fingerprint density at radius 2 is 2.04 bits per heavy atom. The smallest absolute Gasteiger partial charge is 0.263 e. The molecule has 2 aliphatic carbocycles. The van der Waals surface area contributed by atoms with E-state index in [2.05, 4.69) is 5.32 Å². The van der Waals surface area contributed by atoms with E-state index in [0.717, 1.165) is 18.6 Å². The third kappa shape index (κ3) is 2.75. The third-order valence-corrected chi connectivity index (χ3v) is 6.64. The summed E-state index contributed by atoms with van der Waals surface area (Å²) >= 11 is 0. The zero-order chi connectivity index (χ0) is 16.9. The third-order valence-electron chi connectivity index (χ3n) is 5.49. The van der Waals surface area contributed by atoms with Crippen LogP contribution in [0.15, 0.2) is 24.3 Å². The van der Waals surface area contributed by atoms with Crippen LogP contribution in [0.3, 0.4) is 0 Å². The van der Waals surface area contributed by atoms with Gasteiger partial charge in [-0.2, -0.15) is 0 Å². The van der Waals surface area contributed by atoms with Gasteiger partial charge in [0.15, 0.2) is 6.10 Å². The van der Waals surface area contributed by atoms with E-state index in [1.807, 2.05) is 0 Å². The monoisotopic (exact) mass is 350 g/mol. The Balaban J connectivity index is 1.53. The minimum absolute atomic E-state index is 0.0164. The molecule has 2 saturated carbocycles. The van der Waals surface area contributed by atoms with E-state index in [-0.39, 0.29) is 18.5 Å². The molecule has 130 valence electrons. The predicted octanol–water partition coefficient (Wildman–Crippen LogP) is 1.52. The van der Waals surface area contributed by atoms with E-state index in [0.29, 0.717) is 17.4 Å². The molecule has 0 saturated heterocycles. The number of hydrogen-bond donors (Lipinski definition) is 1. The molecule has 6 nitrogen and oxygen atoms in total. The molecule has 24 heavy (non-hydrogen) atoms. The summed E-state index contributed by atoms with van der Waals surface area (Å²) in [5.41, 5.74) is 0.490. The van der Waals surface area contributed by atoms with E-state index in [4.69, 9.17) is 4.74 Å². The fourth-order valence-corrected chi connectivity index (χ4v) is 5.26. The summed E-state index contributed by atoms with van der Waals surface area (Å²) in [5, 5.41) is 3.10. The maximum atomic E-state index is 12.7. The molecule has 1 aliphatic heterocycles. The molecule has 0 radical (unpaired) electrons. The maximum Gasteiger partial charge on any atom is 0.263 e. The quantitative estimate of drug-likeness (QED) is 0.897. The first-order valence-corrected chi connectivity index (χ1v) is 10.3. The topological polar surface area (TPSA) is 75.7 Å². The van der Waals surface area contributed by atoms with E-state index in [1.54, 1.807) is 24.3 Å². The molecule has 0 aromatic heterocycles. The lowest BCUT2D eigenvalue weighted by molar-refractivity contribution is -0.128. The van der Waals surface area contributed by atoms with Crippen molar-refractivity contribution in [1.82, 2.24) is 5.32 Å². The molecule has 4 rings (SSSR count). The minimum Gasteiger partial charge on any atom is -0.476 e. The SMILES string of the molecule is CS(=O)(=O)N1CC(C(=O)NC2CC3CCC2C3)Oc2ccccc21. The number of anilines is 1. The number of ether oxygens (including phenoxy) is 1. The standard InChI is InChI=1S/C17H22N2O4S/c1-24(21,22)19-10-16(23-15-5-3-2-4-14(15)19)17(20)18-13-9-11-6-7-12(13)8-11/h2-5,11-13,16H,6-10H2,1H3,(H,18,20). The number of nitrogens with zero attached hydrogens (tertiary/aromatic N) is 1. The molecule has 1 heterocycles. The highest BCUT2D eigenvalue weighted by molar-refractivity contribution is 7.92. The largest absolute Gasteiger partial charge is 0.476 e. The van der Waals surface area contributed by atoms with Gasteiger partial charge in [-0.15, -0.1) is 0 Å². The number of hydrogen-bond acceptors (Lipinski definition) is 4. The van der Waals surface area contributed by atoms with Gasteiger partial charge in [-0.05, 0) is 43.2 Å². The van der Waals surface area contributed by atoms with Crippen molar-refractivity contribution in [2.75, 3.05) is 17.1 Å². The van der Waals surface area contributed by atoms with Crippen molar-refractivity contribution in [2.24, 2.45) is 11.8 Å². The van der Waals surface area contributed by atoms with Gasteiger partial charge in [0.05, 0.1) is 18.5 Å². The van der Waals surface area contributed by atoms with Gasteiger partial charge >= 0.3 is 0 Å². The van der Waals surface area contributed by atoms with Crippen LogP contribution < -0.4 is 14.4 Å². The Bertz CT molecular complexity index is 764. The van der Waals surface area contributed by atoms with Crippen LogP contribution in [0, 0.1) is 11.8 Å². The van der Waals surface area contributed by atoms with Crippen LogP contribution in [0.25, 0.3) is 0 Å². The number of fused-ring (bicyclic) bond motifs is 3. The summed E-state index contributed by atoms with van der Waals surface area (Å²) in [6, 6.07) is 7.14. The second-order valence-corrected chi connectivity index (χ2v) is 9.07. The summed E-state index contributed by atoms with van der Waals surface area (Å²) in [6.07, 6.45) is 5.03. The van der Waals surface area contributed by atoms with Crippen LogP contribution in [0.4, 0.5) is 5.69 Å². The zero-order valence-corrected chi connectivity index (χ0v) is 14.5. The van der Waals surface area contributed by atoms with Gasteiger partial charge < -0.3 is 10.1 Å². The second-order valence-electron chi connectivity index (χ2n) is 7.16. The zero-order valence-electron chi connectivity index (χ0n) is 13.6. The van der Waals surface area contributed by atoms with E-state index in [9.17, 15) is 13.2 Å². The number of para-hydroxylation sites is 2. The van der Waals surface area contributed by atoms with Crippen molar-refractivity contribution in [3.05, 3.63) is 24.3 Å². The Hall–Kier alpha value is -1.76. The number of carbonyl (C=O) groups excluding carboxylic acids is 1. The Labute approximate surface area is 142 Å².